The second-order valence-corrected chi connectivity index (χ2v) is 10.0. The first-order valence-electron chi connectivity index (χ1n) is 11.9. The number of phenolic OH excluding ortho intramolecular Hbond substituents is 1. The molecule has 0 bridgehead atoms. The molecule has 0 aliphatic carbocycles. The van der Waals surface area contributed by atoms with Gasteiger partial charge >= 0.3 is 0 Å². The lowest BCUT2D eigenvalue weighted by atomic mass is 9.80. The van der Waals surface area contributed by atoms with Gasteiger partial charge in [-0.3, -0.25) is 14.5 Å². The summed E-state index contributed by atoms with van der Waals surface area (Å²) >= 11 is 0. The first kappa shape index (κ1) is 23.3. The number of piperidine rings is 1. The third kappa shape index (κ3) is 5.06. The molecule has 2 aromatic rings. The maximum absolute atomic E-state index is 13.6. The van der Waals surface area contributed by atoms with Crippen LogP contribution in [0.25, 0.3) is 0 Å². The molecule has 2 heterocycles. The van der Waals surface area contributed by atoms with Crippen molar-refractivity contribution in [3.8, 4) is 5.75 Å². The van der Waals surface area contributed by atoms with Gasteiger partial charge in [-0.25, -0.2) is 0 Å². The summed E-state index contributed by atoms with van der Waals surface area (Å²) in [4.78, 5) is 31.3. The molecule has 2 N–H and O–H groups in total. The minimum absolute atomic E-state index is 0.0101. The number of amides is 2. The van der Waals surface area contributed by atoms with E-state index in [2.05, 4.69) is 48.3 Å². The fourth-order valence-electron chi connectivity index (χ4n) is 5.05. The zero-order chi connectivity index (χ0) is 23.6. The third-order valence-electron chi connectivity index (χ3n) is 7.00. The number of rotatable bonds is 6. The van der Waals surface area contributed by atoms with Crippen LogP contribution in [0.15, 0.2) is 48.5 Å². The highest BCUT2D eigenvalue weighted by molar-refractivity contribution is 6.00. The van der Waals surface area contributed by atoms with Gasteiger partial charge in [-0.05, 0) is 55.4 Å². The average Bonchev–Trinajstić information content (AvgIpc) is 2.79. The summed E-state index contributed by atoms with van der Waals surface area (Å²) in [6, 6.07) is 15.0. The Morgan fingerprint density at radius 3 is 2.15 bits per heavy atom. The molecule has 33 heavy (non-hydrogen) atoms. The van der Waals surface area contributed by atoms with Crippen LogP contribution in [0, 0.1) is 12.8 Å². The van der Waals surface area contributed by atoms with Gasteiger partial charge in [-0.15, -0.1) is 0 Å². The minimum atomic E-state index is -0.805. The summed E-state index contributed by atoms with van der Waals surface area (Å²) in [5.74, 6) is 0.609. The SMILES string of the molecule is Cc1ccc(CN2C(=O)C(CC(C)C)NC(=O)C23CCN(Cc2ccc(O)cc2)CC3)cc1. The van der Waals surface area contributed by atoms with E-state index in [1.807, 2.05) is 24.0 Å². The number of phenols is 1. The Balaban J connectivity index is 1.54. The lowest BCUT2D eigenvalue weighted by molar-refractivity contribution is -0.162. The fourth-order valence-corrected chi connectivity index (χ4v) is 5.05. The Hall–Kier alpha value is -2.86. The van der Waals surface area contributed by atoms with E-state index in [1.165, 1.54) is 5.56 Å². The van der Waals surface area contributed by atoms with E-state index < -0.39 is 11.6 Å². The van der Waals surface area contributed by atoms with Gasteiger partial charge in [-0.2, -0.15) is 0 Å². The molecule has 2 aromatic carbocycles. The summed E-state index contributed by atoms with van der Waals surface area (Å²) in [5, 5.41) is 12.6. The molecule has 2 aliphatic rings. The standard InChI is InChI=1S/C27H35N3O3/c1-19(2)16-24-25(32)30(18-22-6-4-20(3)5-7-22)27(26(33)28-24)12-14-29(15-13-27)17-21-8-10-23(31)11-9-21/h4-11,19,24,31H,12-18H2,1-3H3,(H,28,33). The molecule has 2 fully saturated rings. The van der Waals surface area contributed by atoms with Crippen molar-refractivity contribution in [3.05, 3.63) is 65.2 Å². The second kappa shape index (κ2) is 9.56. The number of likely N-dealkylation sites (tertiary alicyclic amines) is 1. The Bertz CT molecular complexity index is 977. The first-order chi connectivity index (χ1) is 15.8. The van der Waals surface area contributed by atoms with Crippen LogP contribution in [-0.4, -0.2) is 51.4 Å². The van der Waals surface area contributed by atoms with Gasteiger partial charge in [0.05, 0.1) is 0 Å². The normalized spacial score (nSPS) is 21.0. The van der Waals surface area contributed by atoms with Crippen LogP contribution in [0.5, 0.6) is 5.75 Å². The van der Waals surface area contributed by atoms with E-state index in [1.54, 1.807) is 12.1 Å². The first-order valence-corrected chi connectivity index (χ1v) is 11.9. The van der Waals surface area contributed by atoms with Crippen molar-refractivity contribution in [2.24, 2.45) is 5.92 Å². The third-order valence-corrected chi connectivity index (χ3v) is 7.00. The van der Waals surface area contributed by atoms with Gasteiger partial charge in [0.25, 0.3) is 0 Å². The quantitative estimate of drug-likeness (QED) is 0.707. The van der Waals surface area contributed by atoms with Gasteiger partial charge in [0, 0.05) is 26.2 Å². The number of hydrogen-bond acceptors (Lipinski definition) is 4. The van der Waals surface area contributed by atoms with E-state index >= 15 is 0 Å². The van der Waals surface area contributed by atoms with Crippen LogP contribution < -0.4 is 5.32 Å². The topological polar surface area (TPSA) is 72.9 Å². The molecule has 2 amide bonds. The van der Waals surface area contributed by atoms with Gasteiger partial charge in [-0.1, -0.05) is 55.8 Å². The van der Waals surface area contributed by atoms with Crippen LogP contribution >= 0.6 is 0 Å². The average molecular weight is 450 g/mol. The maximum Gasteiger partial charge on any atom is 0.246 e. The predicted octanol–water partition coefficient (Wildman–Crippen LogP) is 3.61. The predicted molar refractivity (Wildman–Crippen MR) is 128 cm³/mol. The molecule has 1 unspecified atom stereocenters. The molecular weight excluding hydrogens is 414 g/mol. The number of carbonyl (C=O) groups is 2. The summed E-state index contributed by atoms with van der Waals surface area (Å²) in [7, 11) is 0. The van der Waals surface area contributed by atoms with Crippen molar-refractivity contribution in [2.45, 2.75) is 64.7 Å². The summed E-state index contributed by atoms with van der Waals surface area (Å²) < 4.78 is 0. The summed E-state index contributed by atoms with van der Waals surface area (Å²) in [6.07, 6.45) is 1.88. The van der Waals surface area contributed by atoms with Crippen molar-refractivity contribution in [1.29, 1.82) is 0 Å². The molecule has 4 rings (SSSR count). The highest BCUT2D eigenvalue weighted by Crippen LogP contribution is 2.35. The Kier molecular flexibility index (Phi) is 6.75. The van der Waals surface area contributed by atoms with Crippen molar-refractivity contribution in [1.82, 2.24) is 15.1 Å². The number of carbonyl (C=O) groups excluding carboxylic acids is 2. The number of nitrogens with one attached hydrogen (secondary N) is 1. The number of nitrogens with zero attached hydrogens (tertiary/aromatic N) is 2. The van der Waals surface area contributed by atoms with Crippen molar-refractivity contribution in [3.63, 3.8) is 0 Å². The monoisotopic (exact) mass is 449 g/mol. The number of piperazine rings is 1. The molecule has 0 aromatic heterocycles. The Labute approximate surface area is 196 Å². The molecule has 6 heteroatoms. The molecule has 1 atom stereocenters. The second-order valence-electron chi connectivity index (χ2n) is 10.0. The van der Waals surface area contributed by atoms with Gasteiger partial charge in [0.2, 0.25) is 11.8 Å². The van der Waals surface area contributed by atoms with Gasteiger partial charge in [0.1, 0.15) is 17.3 Å². The van der Waals surface area contributed by atoms with E-state index in [-0.39, 0.29) is 17.6 Å². The molecular formula is C27H35N3O3. The lowest BCUT2D eigenvalue weighted by Crippen LogP contribution is -2.72. The molecule has 0 saturated carbocycles. The lowest BCUT2D eigenvalue weighted by Gasteiger charge is -2.52. The van der Waals surface area contributed by atoms with Crippen LogP contribution in [0.2, 0.25) is 0 Å². The Morgan fingerprint density at radius 2 is 1.55 bits per heavy atom. The van der Waals surface area contributed by atoms with Crippen molar-refractivity contribution in [2.75, 3.05) is 13.1 Å². The van der Waals surface area contributed by atoms with Crippen LogP contribution in [-0.2, 0) is 22.7 Å². The summed E-state index contributed by atoms with van der Waals surface area (Å²) in [5.41, 5.74) is 2.55. The number of aryl methyl sites for hydroxylation is 1. The highest BCUT2D eigenvalue weighted by Gasteiger charge is 2.53. The molecule has 2 saturated heterocycles. The zero-order valence-electron chi connectivity index (χ0n) is 19.9. The van der Waals surface area contributed by atoms with Crippen molar-refractivity contribution < 1.29 is 14.7 Å². The van der Waals surface area contributed by atoms with Gasteiger partial charge in [0.15, 0.2) is 0 Å². The largest absolute Gasteiger partial charge is 0.508 e. The Morgan fingerprint density at radius 1 is 0.970 bits per heavy atom. The fraction of sp³-hybridized carbons (Fsp3) is 0.481. The highest BCUT2D eigenvalue weighted by atomic mass is 16.3. The number of benzene rings is 2. The smallest absolute Gasteiger partial charge is 0.246 e. The summed E-state index contributed by atoms with van der Waals surface area (Å²) in [6.45, 7) is 8.90. The molecule has 0 radical (unpaired) electrons. The molecule has 1 spiro atoms. The van der Waals surface area contributed by atoms with Crippen LogP contribution in [0.4, 0.5) is 0 Å². The van der Waals surface area contributed by atoms with E-state index in [9.17, 15) is 14.7 Å². The van der Waals surface area contributed by atoms with Crippen LogP contribution in [0.3, 0.4) is 0 Å². The molecule has 2 aliphatic heterocycles. The molecule has 176 valence electrons. The maximum atomic E-state index is 13.6. The number of aromatic hydroxyl groups is 1. The van der Waals surface area contributed by atoms with Gasteiger partial charge < -0.3 is 15.3 Å². The van der Waals surface area contributed by atoms with E-state index in [0.29, 0.717) is 31.7 Å². The zero-order valence-corrected chi connectivity index (χ0v) is 19.9. The molecule has 6 nitrogen and oxygen atoms in total. The van der Waals surface area contributed by atoms with E-state index in [0.717, 1.165) is 30.8 Å². The van der Waals surface area contributed by atoms with E-state index in [4.69, 9.17) is 0 Å². The minimum Gasteiger partial charge on any atom is -0.508 e. The van der Waals surface area contributed by atoms with Crippen molar-refractivity contribution >= 4 is 11.8 Å². The van der Waals surface area contributed by atoms with Crippen LogP contribution in [0.1, 0.15) is 49.8 Å². The number of hydrogen-bond donors (Lipinski definition) is 2.